The molecule has 0 aliphatic heterocycles. The van der Waals surface area contributed by atoms with E-state index >= 15 is 0 Å². The van der Waals surface area contributed by atoms with Crippen molar-refractivity contribution in [2.24, 2.45) is 5.84 Å². The van der Waals surface area contributed by atoms with Crippen LogP contribution in [-0.4, -0.2) is 7.11 Å². The molecule has 0 aromatic heterocycles. The average Bonchev–Trinajstić information content (AvgIpc) is 2.49. The standard InChI is InChI=1S/C15H15Cl2FN2O/c1-21-14-4-2-3-9(15(14)18)7-13(20-19)11-8-10(16)5-6-12(11)17/h2-6,8,13,20H,7,19H2,1H3. The molecular weight excluding hydrogens is 314 g/mol. The zero-order valence-corrected chi connectivity index (χ0v) is 12.9. The van der Waals surface area contributed by atoms with E-state index in [1.165, 1.54) is 7.11 Å². The highest BCUT2D eigenvalue weighted by molar-refractivity contribution is 6.33. The fourth-order valence-electron chi connectivity index (χ4n) is 2.13. The van der Waals surface area contributed by atoms with Crippen molar-refractivity contribution in [3.05, 3.63) is 63.4 Å². The average molecular weight is 329 g/mol. The summed E-state index contributed by atoms with van der Waals surface area (Å²) >= 11 is 12.1. The normalized spacial score (nSPS) is 12.2. The second-order valence-electron chi connectivity index (χ2n) is 4.52. The Kier molecular flexibility index (Phi) is 5.42. The van der Waals surface area contributed by atoms with E-state index in [2.05, 4.69) is 5.43 Å². The van der Waals surface area contributed by atoms with Crippen molar-refractivity contribution in [3.8, 4) is 5.75 Å². The molecule has 6 heteroatoms. The van der Waals surface area contributed by atoms with Gasteiger partial charge >= 0.3 is 0 Å². The van der Waals surface area contributed by atoms with Crippen LogP contribution in [-0.2, 0) is 6.42 Å². The van der Waals surface area contributed by atoms with E-state index in [9.17, 15) is 4.39 Å². The van der Waals surface area contributed by atoms with Gasteiger partial charge in [0.1, 0.15) is 0 Å². The Morgan fingerprint density at radius 3 is 2.71 bits per heavy atom. The smallest absolute Gasteiger partial charge is 0.168 e. The van der Waals surface area contributed by atoms with E-state index in [4.69, 9.17) is 33.8 Å². The summed E-state index contributed by atoms with van der Waals surface area (Å²) in [4.78, 5) is 0. The number of ether oxygens (including phenoxy) is 1. The van der Waals surface area contributed by atoms with Gasteiger partial charge in [-0.1, -0.05) is 35.3 Å². The molecule has 1 atom stereocenters. The fourth-order valence-corrected chi connectivity index (χ4v) is 2.56. The molecule has 0 radical (unpaired) electrons. The first kappa shape index (κ1) is 16.0. The van der Waals surface area contributed by atoms with E-state index in [1.807, 2.05) is 0 Å². The third kappa shape index (κ3) is 3.66. The fraction of sp³-hybridized carbons (Fsp3) is 0.200. The molecule has 3 nitrogen and oxygen atoms in total. The molecule has 0 heterocycles. The minimum atomic E-state index is -0.404. The maximum Gasteiger partial charge on any atom is 0.168 e. The number of hydrogen-bond acceptors (Lipinski definition) is 3. The zero-order valence-electron chi connectivity index (χ0n) is 11.4. The third-order valence-electron chi connectivity index (χ3n) is 3.22. The molecule has 2 rings (SSSR count). The van der Waals surface area contributed by atoms with Crippen LogP contribution in [0, 0.1) is 5.82 Å². The largest absolute Gasteiger partial charge is 0.494 e. The lowest BCUT2D eigenvalue weighted by atomic mass is 9.98. The predicted octanol–water partition coefficient (Wildman–Crippen LogP) is 3.89. The van der Waals surface area contributed by atoms with Crippen molar-refractivity contribution < 1.29 is 9.13 Å². The van der Waals surface area contributed by atoms with Crippen LogP contribution in [0.25, 0.3) is 0 Å². The molecule has 2 aromatic carbocycles. The number of rotatable bonds is 5. The van der Waals surface area contributed by atoms with Crippen molar-refractivity contribution >= 4 is 23.2 Å². The Morgan fingerprint density at radius 1 is 1.29 bits per heavy atom. The minimum Gasteiger partial charge on any atom is -0.494 e. The molecule has 0 aliphatic rings. The summed E-state index contributed by atoms with van der Waals surface area (Å²) in [7, 11) is 1.43. The van der Waals surface area contributed by atoms with Crippen LogP contribution in [0.3, 0.4) is 0 Å². The van der Waals surface area contributed by atoms with E-state index in [1.54, 1.807) is 36.4 Å². The van der Waals surface area contributed by atoms with Gasteiger partial charge in [0, 0.05) is 10.0 Å². The van der Waals surface area contributed by atoms with Gasteiger partial charge in [-0.3, -0.25) is 11.3 Å². The molecule has 0 saturated heterocycles. The summed E-state index contributed by atoms with van der Waals surface area (Å²) in [5.41, 5.74) is 3.85. The molecule has 0 spiro atoms. The van der Waals surface area contributed by atoms with Crippen molar-refractivity contribution in [1.29, 1.82) is 0 Å². The van der Waals surface area contributed by atoms with Gasteiger partial charge in [0.15, 0.2) is 11.6 Å². The highest BCUT2D eigenvalue weighted by Crippen LogP contribution is 2.30. The molecule has 0 bridgehead atoms. The van der Waals surface area contributed by atoms with Crippen molar-refractivity contribution in [3.63, 3.8) is 0 Å². The van der Waals surface area contributed by atoms with Crippen LogP contribution in [0.2, 0.25) is 10.0 Å². The van der Waals surface area contributed by atoms with Crippen molar-refractivity contribution in [2.45, 2.75) is 12.5 Å². The number of methoxy groups -OCH3 is 1. The highest BCUT2D eigenvalue weighted by atomic mass is 35.5. The van der Waals surface area contributed by atoms with Gasteiger partial charge < -0.3 is 4.74 Å². The Bertz CT molecular complexity index is 637. The molecule has 3 N–H and O–H groups in total. The van der Waals surface area contributed by atoms with Crippen LogP contribution in [0.15, 0.2) is 36.4 Å². The summed E-state index contributed by atoms with van der Waals surface area (Å²) < 4.78 is 19.2. The van der Waals surface area contributed by atoms with E-state index in [0.29, 0.717) is 27.6 Å². The Hall–Kier alpha value is -1.33. The van der Waals surface area contributed by atoms with Crippen LogP contribution in [0.4, 0.5) is 4.39 Å². The summed E-state index contributed by atoms with van der Waals surface area (Å²) in [5.74, 6) is 5.38. The van der Waals surface area contributed by atoms with Gasteiger partial charge in [0.2, 0.25) is 0 Å². The maximum atomic E-state index is 14.2. The number of hydrazine groups is 1. The molecule has 1 unspecified atom stereocenters. The van der Waals surface area contributed by atoms with Gasteiger partial charge in [-0.05, 0) is 41.8 Å². The number of nitrogens with one attached hydrogen (secondary N) is 1. The number of halogens is 3. The lowest BCUT2D eigenvalue weighted by molar-refractivity contribution is 0.382. The van der Waals surface area contributed by atoms with Crippen LogP contribution in [0.1, 0.15) is 17.2 Å². The van der Waals surface area contributed by atoms with Gasteiger partial charge in [-0.2, -0.15) is 0 Å². The molecule has 2 aromatic rings. The van der Waals surface area contributed by atoms with Crippen LogP contribution < -0.4 is 16.0 Å². The summed E-state index contributed by atoms with van der Waals surface area (Å²) in [6.45, 7) is 0. The molecule has 21 heavy (non-hydrogen) atoms. The Balaban J connectivity index is 2.33. The molecule has 0 aliphatic carbocycles. The molecular formula is C15H15Cl2FN2O. The lowest BCUT2D eigenvalue weighted by Crippen LogP contribution is -2.30. The monoisotopic (exact) mass is 328 g/mol. The summed E-state index contributed by atoms with van der Waals surface area (Å²) in [5, 5.41) is 1.06. The number of hydrogen-bond donors (Lipinski definition) is 2. The SMILES string of the molecule is COc1cccc(CC(NN)c2cc(Cl)ccc2Cl)c1F. The maximum absolute atomic E-state index is 14.2. The predicted molar refractivity (Wildman–Crippen MR) is 83.2 cm³/mol. The minimum absolute atomic E-state index is 0.195. The first-order valence-electron chi connectivity index (χ1n) is 6.29. The first-order valence-corrected chi connectivity index (χ1v) is 7.05. The second kappa shape index (κ2) is 7.09. The van der Waals surface area contributed by atoms with E-state index in [-0.39, 0.29) is 11.8 Å². The topological polar surface area (TPSA) is 47.3 Å². The van der Waals surface area contributed by atoms with Gasteiger partial charge in [-0.25, -0.2) is 4.39 Å². The highest BCUT2D eigenvalue weighted by Gasteiger charge is 2.18. The summed E-state index contributed by atoms with van der Waals surface area (Å²) in [6, 6.07) is 9.70. The van der Waals surface area contributed by atoms with Crippen LogP contribution >= 0.6 is 23.2 Å². The lowest BCUT2D eigenvalue weighted by Gasteiger charge is -2.19. The third-order valence-corrected chi connectivity index (χ3v) is 3.80. The molecule has 0 fully saturated rings. The van der Waals surface area contributed by atoms with Crippen molar-refractivity contribution in [2.75, 3.05) is 7.11 Å². The Morgan fingerprint density at radius 2 is 2.05 bits per heavy atom. The number of benzene rings is 2. The van der Waals surface area contributed by atoms with Gasteiger partial charge in [0.05, 0.1) is 13.2 Å². The van der Waals surface area contributed by atoms with Gasteiger partial charge in [0.25, 0.3) is 0 Å². The molecule has 112 valence electrons. The summed E-state index contributed by atoms with van der Waals surface area (Å²) in [6.07, 6.45) is 0.319. The van der Waals surface area contributed by atoms with Crippen LogP contribution in [0.5, 0.6) is 5.75 Å². The second-order valence-corrected chi connectivity index (χ2v) is 5.37. The van der Waals surface area contributed by atoms with E-state index in [0.717, 1.165) is 0 Å². The zero-order chi connectivity index (χ0) is 15.4. The van der Waals surface area contributed by atoms with Crippen molar-refractivity contribution in [1.82, 2.24) is 5.43 Å². The van der Waals surface area contributed by atoms with Gasteiger partial charge in [-0.15, -0.1) is 0 Å². The quantitative estimate of drug-likeness (QED) is 0.646. The Labute approximate surface area is 132 Å². The number of nitrogens with two attached hydrogens (primary N) is 1. The van der Waals surface area contributed by atoms with E-state index < -0.39 is 5.82 Å². The first-order chi connectivity index (χ1) is 10.1. The molecule has 0 amide bonds. The molecule has 0 saturated carbocycles.